The Bertz CT molecular complexity index is 1780. The lowest BCUT2D eigenvalue weighted by atomic mass is 10.0. The van der Waals surface area contributed by atoms with E-state index in [0.717, 1.165) is 43.1 Å². The molecular formula is C30H30N6O5S. The molecule has 12 heteroatoms. The van der Waals surface area contributed by atoms with E-state index in [1.54, 1.807) is 17.0 Å². The van der Waals surface area contributed by atoms with Crippen molar-refractivity contribution in [3.63, 3.8) is 0 Å². The Morgan fingerprint density at radius 1 is 1.17 bits per heavy atom. The number of aryl methyl sites for hydroxylation is 1. The van der Waals surface area contributed by atoms with Crippen LogP contribution in [0.1, 0.15) is 59.8 Å². The highest BCUT2D eigenvalue weighted by Gasteiger charge is 2.28. The van der Waals surface area contributed by atoms with Crippen molar-refractivity contribution in [2.24, 2.45) is 0 Å². The number of aldehydes is 1. The van der Waals surface area contributed by atoms with Crippen LogP contribution < -0.4 is 15.1 Å². The second kappa shape index (κ2) is 13.2. The fourth-order valence-corrected chi connectivity index (χ4v) is 5.95. The van der Waals surface area contributed by atoms with E-state index in [-0.39, 0.29) is 5.69 Å². The van der Waals surface area contributed by atoms with Gasteiger partial charge in [-0.15, -0.1) is 16.4 Å². The molecule has 216 valence electrons. The van der Waals surface area contributed by atoms with Crippen molar-refractivity contribution < 1.29 is 19.2 Å². The maximum absolute atomic E-state index is 13.6. The molecule has 0 bridgehead atoms. The molecule has 4 heterocycles. The third kappa shape index (κ3) is 6.23. The SMILES string of the molecule is CCCCCCn1cc(-c2sc3c(OC)c(Cc4cccc(/C=C\C=O)c4)cc(=O)n3c2C(=O)On2ccnc2)nn1. The van der Waals surface area contributed by atoms with Gasteiger partial charge in [-0.3, -0.25) is 18.7 Å². The third-order valence-electron chi connectivity index (χ3n) is 6.64. The Morgan fingerprint density at radius 2 is 2.05 bits per heavy atom. The molecule has 0 aliphatic rings. The molecule has 0 spiro atoms. The number of hydrogen-bond acceptors (Lipinski definition) is 9. The summed E-state index contributed by atoms with van der Waals surface area (Å²) in [5.74, 6) is -0.290. The number of fused-ring (bicyclic) bond motifs is 1. The zero-order chi connectivity index (χ0) is 29.5. The van der Waals surface area contributed by atoms with Gasteiger partial charge in [-0.1, -0.05) is 61.7 Å². The first-order valence-corrected chi connectivity index (χ1v) is 14.4. The number of ether oxygens (including phenoxy) is 1. The maximum Gasteiger partial charge on any atom is 0.381 e. The normalized spacial score (nSPS) is 11.4. The van der Waals surface area contributed by atoms with Crippen LogP contribution in [0, 0.1) is 0 Å². The van der Waals surface area contributed by atoms with Crippen molar-refractivity contribution in [1.82, 2.24) is 29.1 Å². The zero-order valence-corrected chi connectivity index (χ0v) is 24.1. The lowest BCUT2D eigenvalue weighted by Gasteiger charge is -2.11. The summed E-state index contributed by atoms with van der Waals surface area (Å²) in [6.45, 7) is 2.85. The number of aromatic nitrogens is 6. The van der Waals surface area contributed by atoms with Gasteiger partial charge in [0.15, 0.2) is 11.4 Å². The van der Waals surface area contributed by atoms with Gasteiger partial charge in [0.25, 0.3) is 5.56 Å². The lowest BCUT2D eigenvalue weighted by molar-refractivity contribution is -0.104. The predicted octanol–water partition coefficient (Wildman–Crippen LogP) is 4.48. The molecular weight excluding hydrogens is 556 g/mol. The highest BCUT2D eigenvalue weighted by atomic mass is 32.1. The fraction of sp³-hybridized carbons (Fsp3) is 0.267. The number of nitrogens with zero attached hydrogens (tertiary/aromatic N) is 6. The van der Waals surface area contributed by atoms with E-state index in [1.165, 1.54) is 58.4 Å². The topological polar surface area (TPSA) is 123 Å². The molecule has 0 radical (unpaired) electrons. The number of carbonyl (C=O) groups is 2. The first-order valence-electron chi connectivity index (χ1n) is 13.6. The molecule has 0 saturated carbocycles. The molecule has 0 fully saturated rings. The van der Waals surface area contributed by atoms with E-state index in [0.29, 0.717) is 39.7 Å². The number of pyridine rings is 1. The van der Waals surface area contributed by atoms with Crippen molar-refractivity contribution in [1.29, 1.82) is 0 Å². The number of rotatable bonds is 13. The Labute approximate surface area is 245 Å². The molecule has 5 aromatic rings. The van der Waals surface area contributed by atoms with Gasteiger partial charge in [0.1, 0.15) is 23.1 Å². The molecule has 0 amide bonds. The van der Waals surface area contributed by atoms with Gasteiger partial charge in [0, 0.05) is 30.8 Å². The first kappa shape index (κ1) is 28.7. The smallest absolute Gasteiger partial charge is 0.381 e. The number of allylic oxidation sites excluding steroid dienone is 1. The van der Waals surface area contributed by atoms with Crippen LogP contribution in [0.25, 0.3) is 21.5 Å². The number of hydrogen-bond donors (Lipinski definition) is 0. The van der Waals surface area contributed by atoms with E-state index < -0.39 is 11.5 Å². The summed E-state index contributed by atoms with van der Waals surface area (Å²) in [5, 5.41) is 8.60. The summed E-state index contributed by atoms with van der Waals surface area (Å²) in [7, 11) is 1.53. The highest BCUT2D eigenvalue weighted by molar-refractivity contribution is 7.21. The van der Waals surface area contributed by atoms with Gasteiger partial charge in [-0.2, -0.15) is 4.73 Å². The van der Waals surface area contributed by atoms with Gasteiger partial charge in [-0.05, 0) is 23.6 Å². The molecule has 0 saturated heterocycles. The maximum atomic E-state index is 13.6. The minimum atomic E-state index is -0.752. The molecule has 11 nitrogen and oxygen atoms in total. The number of methoxy groups -OCH3 is 1. The van der Waals surface area contributed by atoms with Gasteiger partial charge in [0.05, 0.1) is 24.4 Å². The van der Waals surface area contributed by atoms with Crippen LogP contribution in [0.2, 0.25) is 0 Å². The molecule has 0 unspecified atom stereocenters. The van der Waals surface area contributed by atoms with Crippen LogP contribution in [0.4, 0.5) is 0 Å². The average molecular weight is 587 g/mol. The molecule has 5 rings (SSSR count). The summed E-state index contributed by atoms with van der Waals surface area (Å²) in [6.07, 6.45) is 14.7. The van der Waals surface area contributed by atoms with Gasteiger partial charge in [0.2, 0.25) is 0 Å². The minimum Gasteiger partial charge on any atom is -0.493 e. The second-order valence-electron chi connectivity index (χ2n) is 9.61. The van der Waals surface area contributed by atoms with Crippen LogP contribution in [0.15, 0.2) is 66.1 Å². The minimum absolute atomic E-state index is 0.0255. The first-order chi connectivity index (χ1) is 20.5. The molecule has 0 atom stereocenters. The molecule has 42 heavy (non-hydrogen) atoms. The summed E-state index contributed by atoms with van der Waals surface area (Å²) >= 11 is 1.21. The van der Waals surface area contributed by atoms with Gasteiger partial charge >= 0.3 is 5.97 Å². The summed E-state index contributed by atoms with van der Waals surface area (Å²) in [4.78, 5) is 48.2. The van der Waals surface area contributed by atoms with E-state index in [1.807, 2.05) is 24.3 Å². The summed E-state index contributed by atoms with van der Waals surface area (Å²) < 4.78 is 10.1. The van der Waals surface area contributed by atoms with Crippen LogP contribution in [0.5, 0.6) is 5.75 Å². The average Bonchev–Trinajstić information content (AvgIpc) is 3.75. The summed E-state index contributed by atoms with van der Waals surface area (Å²) in [5.41, 5.74) is 2.50. The van der Waals surface area contributed by atoms with E-state index in [2.05, 4.69) is 22.2 Å². The second-order valence-corrected chi connectivity index (χ2v) is 10.6. The summed E-state index contributed by atoms with van der Waals surface area (Å²) in [6, 6.07) is 9.12. The Morgan fingerprint density at radius 3 is 2.81 bits per heavy atom. The largest absolute Gasteiger partial charge is 0.493 e. The van der Waals surface area contributed by atoms with Crippen molar-refractivity contribution in [3.8, 4) is 16.3 Å². The van der Waals surface area contributed by atoms with Gasteiger partial charge in [-0.25, -0.2) is 9.78 Å². The van der Waals surface area contributed by atoms with Crippen LogP contribution in [-0.4, -0.2) is 48.5 Å². The quantitative estimate of drug-likeness (QED) is 0.112. The predicted molar refractivity (Wildman–Crippen MR) is 159 cm³/mol. The highest BCUT2D eigenvalue weighted by Crippen LogP contribution is 2.38. The zero-order valence-electron chi connectivity index (χ0n) is 23.3. The van der Waals surface area contributed by atoms with E-state index >= 15 is 0 Å². The number of imidazole rings is 1. The number of thiazole rings is 1. The van der Waals surface area contributed by atoms with Gasteiger partial charge < -0.3 is 9.57 Å². The van der Waals surface area contributed by atoms with Crippen molar-refractivity contribution in [2.75, 3.05) is 7.11 Å². The molecule has 0 aliphatic carbocycles. The van der Waals surface area contributed by atoms with Crippen LogP contribution >= 0.6 is 11.3 Å². The van der Waals surface area contributed by atoms with Crippen molar-refractivity contribution in [3.05, 3.63) is 94.1 Å². The molecule has 1 aromatic carbocycles. The number of unbranched alkanes of at least 4 members (excludes halogenated alkanes) is 3. The standard InChI is InChI=1S/C30H30N6O5S/c1-3-4-5-6-13-34-19-24(32-33-34)28-26(30(39)41-35-14-12-31-20-35)36-25(38)18-23(27(40-2)29(36)42-28)17-22-10-7-9-21(16-22)11-8-15-37/h7-12,14-16,18-20H,3-6,13,17H2,1-2H3/b11-8-. The van der Waals surface area contributed by atoms with Crippen molar-refractivity contribution >= 4 is 34.5 Å². The van der Waals surface area contributed by atoms with Crippen LogP contribution in [0.3, 0.4) is 0 Å². The molecule has 0 N–H and O–H groups in total. The lowest BCUT2D eigenvalue weighted by Crippen LogP contribution is -2.25. The number of benzene rings is 1. The molecule has 0 aliphatic heterocycles. The molecule has 4 aromatic heterocycles. The third-order valence-corrected chi connectivity index (χ3v) is 7.80. The Kier molecular flexibility index (Phi) is 9.02. The Balaban J connectivity index is 1.60. The van der Waals surface area contributed by atoms with Crippen molar-refractivity contribution in [2.45, 2.75) is 45.6 Å². The number of carbonyl (C=O) groups excluding carboxylic acids is 2. The van der Waals surface area contributed by atoms with E-state index in [4.69, 9.17) is 9.57 Å². The monoisotopic (exact) mass is 586 g/mol. The van der Waals surface area contributed by atoms with E-state index in [9.17, 15) is 14.4 Å². The Hall–Kier alpha value is -4.84. The fourth-order valence-electron chi connectivity index (χ4n) is 4.70. The van der Waals surface area contributed by atoms with Crippen LogP contribution in [-0.2, 0) is 17.8 Å².